The van der Waals surface area contributed by atoms with Gasteiger partial charge in [0.1, 0.15) is 0 Å². The number of rotatable bonds is 2. The molecule has 0 bridgehead atoms. The van der Waals surface area contributed by atoms with E-state index in [1.165, 1.54) is 6.42 Å². The van der Waals surface area contributed by atoms with Gasteiger partial charge in [-0.2, -0.15) is 0 Å². The van der Waals surface area contributed by atoms with Gasteiger partial charge in [-0.05, 0) is 33.1 Å². The lowest BCUT2D eigenvalue weighted by Gasteiger charge is -2.38. The fourth-order valence-electron chi connectivity index (χ4n) is 1.31. The fourth-order valence-corrected chi connectivity index (χ4v) is 1.31. The smallest absolute Gasteiger partial charge is 0.315 e. The lowest BCUT2D eigenvalue weighted by atomic mass is 9.79. The van der Waals surface area contributed by atoms with Crippen molar-refractivity contribution in [2.24, 2.45) is 0 Å². The highest BCUT2D eigenvalue weighted by Crippen LogP contribution is 2.30. The number of nitrogens with one attached hydrogen (secondary N) is 2. The van der Waals surface area contributed by atoms with Crippen molar-refractivity contribution in [3.63, 3.8) is 0 Å². The summed E-state index contributed by atoms with van der Waals surface area (Å²) in [6.45, 7) is 4.70. The molecule has 1 saturated carbocycles. The Kier molecular flexibility index (Phi) is 2.37. The Bertz CT molecular complexity index is 152. The first kappa shape index (κ1) is 8.37. The highest BCUT2D eigenvalue weighted by Gasteiger charge is 2.32. The Balaban J connectivity index is 2.23. The first-order valence-corrected chi connectivity index (χ1v) is 4.22. The van der Waals surface area contributed by atoms with E-state index in [0.29, 0.717) is 6.54 Å². The topological polar surface area (TPSA) is 41.1 Å². The van der Waals surface area contributed by atoms with Crippen LogP contribution in [0.5, 0.6) is 0 Å². The second-order valence-electron chi connectivity index (χ2n) is 3.40. The van der Waals surface area contributed by atoms with E-state index in [1.54, 1.807) is 0 Å². The van der Waals surface area contributed by atoms with E-state index < -0.39 is 0 Å². The summed E-state index contributed by atoms with van der Waals surface area (Å²) in [5.74, 6) is 0. The van der Waals surface area contributed by atoms with Crippen LogP contribution in [0, 0.1) is 0 Å². The molecule has 3 heteroatoms. The van der Waals surface area contributed by atoms with E-state index in [-0.39, 0.29) is 11.6 Å². The zero-order valence-electron chi connectivity index (χ0n) is 7.24. The van der Waals surface area contributed by atoms with Crippen molar-refractivity contribution in [3.8, 4) is 0 Å². The molecule has 0 heterocycles. The van der Waals surface area contributed by atoms with Gasteiger partial charge in [0, 0.05) is 12.1 Å². The van der Waals surface area contributed by atoms with Gasteiger partial charge < -0.3 is 10.6 Å². The monoisotopic (exact) mass is 156 g/mol. The Hall–Kier alpha value is -0.730. The molecule has 0 atom stereocenters. The van der Waals surface area contributed by atoms with Crippen molar-refractivity contribution in [1.29, 1.82) is 0 Å². The number of hydrogen-bond donors (Lipinski definition) is 2. The molecule has 3 nitrogen and oxygen atoms in total. The van der Waals surface area contributed by atoms with Crippen LogP contribution in [0.1, 0.15) is 33.1 Å². The maximum atomic E-state index is 11.0. The molecule has 1 fully saturated rings. The van der Waals surface area contributed by atoms with E-state index in [9.17, 15) is 4.79 Å². The van der Waals surface area contributed by atoms with Crippen molar-refractivity contribution >= 4 is 6.03 Å². The molecule has 0 spiro atoms. The summed E-state index contributed by atoms with van der Waals surface area (Å²) in [5.41, 5.74) is 0.0826. The average Bonchev–Trinajstić information content (AvgIpc) is 1.85. The normalized spacial score (nSPS) is 20.2. The molecule has 0 aromatic heterocycles. The summed E-state index contributed by atoms with van der Waals surface area (Å²) in [4.78, 5) is 11.0. The van der Waals surface area contributed by atoms with Crippen LogP contribution in [0.2, 0.25) is 0 Å². The molecule has 2 N–H and O–H groups in total. The van der Waals surface area contributed by atoms with Gasteiger partial charge in [0.05, 0.1) is 0 Å². The molecule has 0 unspecified atom stereocenters. The van der Waals surface area contributed by atoms with Crippen LogP contribution in [-0.2, 0) is 0 Å². The quantitative estimate of drug-likeness (QED) is 0.620. The minimum Gasteiger partial charge on any atom is -0.338 e. The van der Waals surface area contributed by atoms with Crippen LogP contribution in [0.15, 0.2) is 0 Å². The number of amides is 2. The molecule has 0 aromatic rings. The Morgan fingerprint density at radius 1 is 1.55 bits per heavy atom. The van der Waals surface area contributed by atoms with Crippen LogP contribution < -0.4 is 10.6 Å². The second-order valence-corrected chi connectivity index (χ2v) is 3.40. The second kappa shape index (κ2) is 3.11. The molecule has 1 aliphatic rings. The number of carbonyl (C=O) groups excluding carboxylic acids is 1. The Labute approximate surface area is 67.5 Å². The van der Waals surface area contributed by atoms with Gasteiger partial charge >= 0.3 is 6.03 Å². The fraction of sp³-hybridized carbons (Fsp3) is 0.875. The molecule has 64 valence electrons. The molecule has 0 aromatic carbocycles. The highest BCUT2D eigenvalue weighted by molar-refractivity contribution is 5.74. The standard InChI is InChI=1S/C8H16N2O/c1-3-9-7(11)10-8(2)5-4-6-8/h3-6H2,1-2H3,(H2,9,10,11). The van der Waals surface area contributed by atoms with E-state index in [1.807, 2.05) is 6.92 Å². The lowest BCUT2D eigenvalue weighted by Crippen LogP contribution is -2.54. The summed E-state index contributed by atoms with van der Waals surface area (Å²) in [6, 6.07) is -0.0327. The van der Waals surface area contributed by atoms with Gasteiger partial charge in [-0.3, -0.25) is 0 Å². The Morgan fingerprint density at radius 2 is 2.18 bits per heavy atom. The van der Waals surface area contributed by atoms with Crippen molar-refractivity contribution in [2.75, 3.05) is 6.54 Å². The minimum absolute atomic E-state index is 0.0327. The molecule has 2 amide bonds. The molecular formula is C8H16N2O. The zero-order valence-corrected chi connectivity index (χ0v) is 7.24. The van der Waals surface area contributed by atoms with Crippen LogP contribution in [0.25, 0.3) is 0 Å². The summed E-state index contributed by atoms with van der Waals surface area (Å²) >= 11 is 0. The number of carbonyl (C=O) groups is 1. The van der Waals surface area contributed by atoms with E-state index in [4.69, 9.17) is 0 Å². The number of hydrogen-bond acceptors (Lipinski definition) is 1. The van der Waals surface area contributed by atoms with Crippen LogP contribution >= 0.6 is 0 Å². The molecule has 0 radical (unpaired) electrons. The largest absolute Gasteiger partial charge is 0.338 e. The third-order valence-electron chi connectivity index (χ3n) is 2.21. The summed E-state index contributed by atoms with van der Waals surface area (Å²) in [6.07, 6.45) is 3.47. The van der Waals surface area contributed by atoms with E-state index >= 15 is 0 Å². The van der Waals surface area contributed by atoms with Gasteiger partial charge in [-0.25, -0.2) is 4.79 Å². The third kappa shape index (κ3) is 2.10. The van der Waals surface area contributed by atoms with Gasteiger partial charge in [0.25, 0.3) is 0 Å². The van der Waals surface area contributed by atoms with Gasteiger partial charge in [-0.1, -0.05) is 0 Å². The van der Waals surface area contributed by atoms with Crippen molar-refractivity contribution in [1.82, 2.24) is 10.6 Å². The molecule has 1 aliphatic carbocycles. The molecule has 1 rings (SSSR count). The first-order chi connectivity index (χ1) is 5.16. The highest BCUT2D eigenvalue weighted by atomic mass is 16.2. The maximum absolute atomic E-state index is 11.0. The molecule has 0 aliphatic heterocycles. The summed E-state index contributed by atoms with van der Waals surface area (Å²) < 4.78 is 0. The minimum atomic E-state index is -0.0327. The SMILES string of the molecule is CCNC(=O)NC1(C)CCC1. The maximum Gasteiger partial charge on any atom is 0.315 e. The van der Waals surface area contributed by atoms with E-state index in [2.05, 4.69) is 17.6 Å². The third-order valence-corrected chi connectivity index (χ3v) is 2.21. The van der Waals surface area contributed by atoms with E-state index in [0.717, 1.165) is 12.8 Å². The predicted molar refractivity (Wildman–Crippen MR) is 44.5 cm³/mol. The first-order valence-electron chi connectivity index (χ1n) is 4.22. The number of urea groups is 1. The molecule has 11 heavy (non-hydrogen) atoms. The van der Waals surface area contributed by atoms with Crippen LogP contribution in [0.3, 0.4) is 0 Å². The lowest BCUT2D eigenvalue weighted by molar-refractivity contribution is 0.192. The molecular weight excluding hydrogens is 140 g/mol. The predicted octanol–water partition coefficient (Wildman–Crippen LogP) is 1.25. The zero-order chi connectivity index (χ0) is 8.32. The summed E-state index contributed by atoms with van der Waals surface area (Å²) in [7, 11) is 0. The van der Waals surface area contributed by atoms with Gasteiger partial charge in [-0.15, -0.1) is 0 Å². The van der Waals surface area contributed by atoms with Crippen LogP contribution in [-0.4, -0.2) is 18.1 Å². The van der Waals surface area contributed by atoms with Crippen LogP contribution in [0.4, 0.5) is 4.79 Å². The van der Waals surface area contributed by atoms with Gasteiger partial charge in [0.2, 0.25) is 0 Å². The van der Waals surface area contributed by atoms with Crippen molar-refractivity contribution in [3.05, 3.63) is 0 Å². The summed E-state index contributed by atoms with van der Waals surface area (Å²) in [5, 5.41) is 5.66. The van der Waals surface area contributed by atoms with Gasteiger partial charge in [0.15, 0.2) is 0 Å². The molecule has 0 saturated heterocycles. The Morgan fingerprint density at radius 3 is 2.55 bits per heavy atom. The van der Waals surface area contributed by atoms with Crippen molar-refractivity contribution in [2.45, 2.75) is 38.6 Å². The van der Waals surface area contributed by atoms with Crippen molar-refractivity contribution < 1.29 is 4.79 Å². The average molecular weight is 156 g/mol.